The van der Waals surface area contributed by atoms with E-state index in [-0.39, 0.29) is 0 Å². The molecule has 0 fully saturated rings. The summed E-state index contributed by atoms with van der Waals surface area (Å²) in [5.74, 6) is 2.24. The number of hydrogen-bond donors (Lipinski definition) is 2. The molecule has 0 aliphatic carbocycles. The normalized spacial score (nSPS) is 10.6. The third kappa shape index (κ3) is 5.06. The van der Waals surface area contributed by atoms with Gasteiger partial charge in [-0.2, -0.15) is 0 Å². The van der Waals surface area contributed by atoms with Crippen molar-refractivity contribution < 1.29 is 14.2 Å². The molecule has 32 heavy (non-hydrogen) atoms. The van der Waals surface area contributed by atoms with E-state index in [4.69, 9.17) is 26.4 Å². The van der Waals surface area contributed by atoms with Gasteiger partial charge in [-0.15, -0.1) is 0 Å². The van der Waals surface area contributed by atoms with Gasteiger partial charge in [0.05, 0.1) is 25.1 Å². The smallest absolute Gasteiger partial charge is 0.230 e. The Morgan fingerprint density at radius 3 is 2.44 bits per heavy atom. The molecule has 0 aliphatic rings. The van der Waals surface area contributed by atoms with E-state index in [1.807, 2.05) is 48.8 Å². The third-order valence-corrected chi connectivity index (χ3v) is 5.00. The van der Waals surface area contributed by atoms with E-state index in [1.165, 1.54) is 6.33 Å². The zero-order valence-electron chi connectivity index (χ0n) is 17.7. The second kappa shape index (κ2) is 9.97. The molecule has 0 radical (unpaired) electrons. The predicted octanol–water partition coefficient (Wildman–Crippen LogP) is 4.23. The molecule has 0 amide bonds. The molecule has 2 N–H and O–H groups in total. The number of nitrogens with one attached hydrogen (secondary N) is 2. The summed E-state index contributed by atoms with van der Waals surface area (Å²) in [7, 11) is 3.17. The van der Waals surface area contributed by atoms with E-state index in [1.54, 1.807) is 26.4 Å². The van der Waals surface area contributed by atoms with Crippen molar-refractivity contribution in [2.45, 2.75) is 6.54 Å². The Hall–Kier alpha value is -3.85. The van der Waals surface area contributed by atoms with Gasteiger partial charge in [0.1, 0.15) is 12.1 Å². The van der Waals surface area contributed by atoms with Crippen LogP contribution in [0.2, 0.25) is 0 Å². The van der Waals surface area contributed by atoms with Gasteiger partial charge in [0.15, 0.2) is 16.6 Å². The zero-order valence-corrected chi connectivity index (χ0v) is 18.6. The molecule has 8 nitrogen and oxygen atoms in total. The summed E-state index contributed by atoms with van der Waals surface area (Å²) in [5, 5.41) is 7.65. The fourth-order valence-electron chi connectivity index (χ4n) is 3.15. The summed E-state index contributed by atoms with van der Waals surface area (Å²) < 4.78 is 18.8. The van der Waals surface area contributed by atoms with Gasteiger partial charge in [-0.1, -0.05) is 0 Å². The van der Waals surface area contributed by atoms with Crippen LogP contribution in [-0.4, -0.2) is 40.4 Å². The van der Waals surface area contributed by atoms with Crippen LogP contribution < -0.4 is 24.8 Å². The number of thiocarbonyl (C=S) groups is 1. The Labute approximate surface area is 191 Å². The number of methoxy groups -OCH3 is 2. The van der Waals surface area contributed by atoms with Gasteiger partial charge in [-0.3, -0.25) is 0 Å². The van der Waals surface area contributed by atoms with Crippen molar-refractivity contribution in [1.29, 1.82) is 0 Å². The molecule has 0 aliphatic heterocycles. The summed E-state index contributed by atoms with van der Waals surface area (Å²) in [4.78, 5) is 8.58. The van der Waals surface area contributed by atoms with Crippen LogP contribution in [0.25, 0.3) is 10.9 Å². The Balaban J connectivity index is 1.40. The van der Waals surface area contributed by atoms with Gasteiger partial charge in [-0.25, -0.2) is 9.97 Å². The van der Waals surface area contributed by atoms with E-state index in [0.717, 1.165) is 24.2 Å². The second-order valence-corrected chi connectivity index (χ2v) is 7.24. The van der Waals surface area contributed by atoms with Crippen LogP contribution in [0, 0.1) is 0 Å². The molecule has 2 aromatic heterocycles. The number of benzene rings is 2. The molecule has 4 rings (SSSR count). The van der Waals surface area contributed by atoms with Crippen LogP contribution in [0.4, 0.5) is 5.69 Å². The first-order valence-corrected chi connectivity index (χ1v) is 10.4. The van der Waals surface area contributed by atoms with Gasteiger partial charge in [0.25, 0.3) is 0 Å². The minimum Gasteiger partial charge on any atom is -0.493 e. The molecule has 0 saturated carbocycles. The van der Waals surface area contributed by atoms with Gasteiger partial charge in [0.2, 0.25) is 5.88 Å². The fraction of sp³-hybridized carbons (Fsp3) is 0.174. The molecule has 0 spiro atoms. The first-order valence-electron chi connectivity index (χ1n) is 9.96. The Morgan fingerprint density at radius 2 is 1.72 bits per heavy atom. The second-order valence-electron chi connectivity index (χ2n) is 6.83. The average Bonchev–Trinajstić information content (AvgIpc) is 3.33. The number of rotatable bonds is 8. The van der Waals surface area contributed by atoms with E-state index in [9.17, 15) is 0 Å². The van der Waals surface area contributed by atoms with Crippen molar-refractivity contribution in [3.8, 4) is 23.1 Å². The van der Waals surface area contributed by atoms with Crippen LogP contribution in [0.3, 0.4) is 0 Å². The predicted molar refractivity (Wildman–Crippen MR) is 128 cm³/mol. The van der Waals surface area contributed by atoms with Crippen LogP contribution >= 0.6 is 12.2 Å². The summed E-state index contributed by atoms with van der Waals surface area (Å²) in [5.41, 5.74) is 1.55. The lowest BCUT2D eigenvalue weighted by Gasteiger charge is -2.13. The van der Waals surface area contributed by atoms with Gasteiger partial charge < -0.3 is 29.4 Å². The molecule has 0 atom stereocenters. The van der Waals surface area contributed by atoms with Gasteiger partial charge in [-0.05, 0) is 54.7 Å². The first kappa shape index (κ1) is 21.4. The maximum Gasteiger partial charge on any atom is 0.230 e. The first-order chi connectivity index (χ1) is 15.7. The molecule has 0 saturated heterocycles. The largest absolute Gasteiger partial charge is 0.493 e. The van der Waals surface area contributed by atoms with Crippen LogP contribution in [0.15, 0.2) is 67.3 Å². The molecule has 164 valence electrons. The van der Waals surface area contributed by atoms with Crippen molar-refractivity contribution in [3.05, 3.63) is 67.3 Å². The van der Waals surface area contributed by atoms with Crippen molar-refractivity contribution in [3.63, 3.8) is 0 Å². The highest BCUT2D eigenvalue weighted by molar-refractivity contribution is 7.80. The standard InChI is InChI=1S/C23H23N5O3S/c1-29-20-13-18-19(14-21(20)30-2)25-15-26-22(18)31-17-7-5-16(6-8-17)27-23(32)24-9-12-28-10-3-4-11-28/h3-8,10-11,13-15H,9,12H2,1-2H3,(H2,24,27,32). The van der Waals surface area contributed by atoms with E-state index in [0.29, 0.717) is 33.8 Å². The van der Waals surface area contributed by atoms with Crippen molar-refractivity contribution >= 4 is 33.9 Å². The number of aromatic nitrogens is 3. The lowest BCUT2D eigenvalue weighted by Crippen LogP contribution is -2.31. The lowest BCUT2D eigenvalue weighted by atomic mass is 10.2. The summed E-state index contributed by atoms with van der Waals surface area (Å²) >= 11 is 5.36. The molecular formula is C23H23N5O3S. The van der Waals surface area contributed by atoms with E-state index < -0.39 is 0 Å². The Kier molecular flexibility index (Phi) is 6.66. The Bertz CT molecular complexity index is 1200. The fourth-order valence-corrected chi connectivity index (χ4v) is 3.37. The summed E-state index contributed by atoms with van der Waals surface area (Å²) in [6.45, 7) is 1.57. The van der Waals surface area contributed by atoms with Crippen LogP contribution in [-0.2, 0) is 6.54 Å². The highest BCUT2D eigenvalue weighted by Crippen LogP contribution is 2.35. The highest BCUT2D eigenvalue weighted by Gasteiger charge is 2.12. The topological polar surface area (TPSA) is 82.5 Å². The van der Waals surface area contributed by atoms with Gasteiger partial charge >= 0.3 is 0 Å². The number of fused-ring (bicyclic) bond motifs is 1. The zero-order chi connectivity index (χ0) is 22.3. The highest BCUT2D eigenvalue weighted by atomic mass is 32.1. The van der Waals surface area contributed by atoms with E-state index >= 15 is 0 Å². The number of ether oxygens (including phenoxy) is 3. The SMILES string of the molecule is COc1cc2ncnc(Oc3ccc(NC(=S)NCCn4cccc4)cc3)c2cc1OC. The molecule has 9 heteroatoms. The van der Waals surface area contributed by atoms with E-state index in [2.05, 4.69) is 25.2 Å². The van der Waals surface area contributed by atoms with Crippen LogP contribution in [0.1, 0.15) is 0 Å². The number of nitrogens with zero attached hydrogens (tertiary/aromatic N) is 3. The van der Waals surface area contributed by atoms with Crippen molar-refractivity contribution in [2.24, 2.45) is 0 Å². The molecule has 0 bridgehead atoms. The van der Waals surface area contributed by atoms with Crippen molar-refractivity contribution in [1.82, 2.24) is 19.9 Å². The quantitative estimate of drug-likeness (QED) is 0.387. The number of anilines is 1. The molecule has 4 aromatic rings. The van der Waals surface area contributed by atoms with Gasteiger partial charge in [0, 0.05) is 37.2 Å². The maximum atomic E-state index is 6.00. The van der Waals surface area contributed by atoms with Crippen molar-refractivity contribution in [2.75, 3.05) is 26.1 Å². The molecule has 0 unspecified atom stereocenters. The maximum absolute atomic E-state index is 6.00. The monoisotopic (exact) mass is 449 g/mol. The average molecular weight is 450 g/mol. The molecule has 2 aromatic carbocycles. The summed E-state index contributed by atoms with van der Waals surface area (Å²) in [6.07, 6.45) is 5.49. The van der Waals surface area contributed by atoms with Crippen LogP contribution in [0.5, 0.6) is 23.1 Å². The molecule has 2 heterocycles. The molecular weight excluding hydrogens is 426 g/mol. The third-order valence-electron chi connectivity index (χ3n) is 4.75. The number of hydrogen-bond acceptors (Lipinski definition) is 6. The minimum absolute atomic E-state index is 0.430. The minimum atomic E-state index is 0.430. The Morgan fingerprint density at radius 1 is 1.00 bits per heavy atom. The summed E-state index contributed by atoms with van der Waals surface area (Å²) in [6, 6.07) is 15.1. The lowest BCUT2D eigenvalue weighted by molar-refractivity contribution is 0.355.